The average molecular weight is 299 g/mol. The van der Waals surface area contributed by atoms with Gasteiger partial charge in [0.25, 0.3) is 0 Å². The normalized spacial score (nSPS) is 11.9. The van der Waals surface area contributed by atoms with E-state index in [1.165, 1.54) is 0 Å². The van der Waals surface area contributed by atoms with Crippen LogP contribution in [0.4, 0.5) is 0 Å². The van der Waals surface area contributed by atoms with Crippen molar-refractivity contribution in [2.45, 2.75) is 31.7 Å². The summed E-state index contributed by atoms with van der Waals surface area (Å²) >= 11 is 5.96. The summed E-state index contributed by atoms with van der Waals surface area (Å²) in [5, 5.41) is 12.1. The number of benzene rings is 1. The Morgan fingerprint density at radius 1 is 1.30 bits per heavy atom. The number of carboxylic acid groups (broad SMARTS) is 1. The summed E-state index contributed by atoms with van der Waals surface area (Å²) in [6, 6.07) is 6.12. The van der Waals surface area contributed by atoms with Gasteiger partial charge in [-0.05, 0) is 37.4 Å². The van der Waals surface area contributed by atoms with Crippen LogP contribution in [0.25, 0.3) is 0 Å². The zero-order valence-corrected chi connectivity index (χ0v) is 11.9. The number of hydrogen-bond donors (Lipinski definition) is 3. The number of nitrogens with one attached hydrogen (secondary N) is 1. The zero-order chi connectivity index (χ0) is 15.0. The van der Waals surface area contributed by atoms with Gasteiger partial charge < -0.3 is 16.2 Å². The van der Waals surface area contributed by atoms with E-state index in [4.69, 9.17) is 22.4 Å². The Bertz CT molecular complexity index is 465. The Morgan fingerprint density at radius 3 is 2.60 bits per heavy atom. The van der Waals surface area contributed by atoms with Crippen molar-refractivity contribution in [2.24, 2.45) is 5.73 Å². The molecule has 20 heavy (non-hydrogen) atoms. The highest BCUT2D eigenvalue weighted by Crippen LogP contribution is 2.15. The lowest BCUT2D eigenvalue weighted by Gasteiger charge is -2.14. The second-order valence-corrected chi connectivity index (χ2v) is 4.92. The van der Waals surface area contributed by atoms with Gasteiger partial charge in [0.1, 0.15) is 6.04 Å². The molecule has 0 bridgehead atoms. The molecule has 1 rings (SSSR count). The Kier molecular flexibility index (Phi) is 7.04. The van der Waals surface area contributed by atoms with Crippen LogP contribution in [-0.4, -0.2) is 29.6 Å². The first-order valence-corrected chi connectivity index (χ1v) is 6.88. The first-order chi connectivity index (χ1) is 9.54. The topological polar surface area (TPSA) is 92.4 Å². The quantitative estimate of drug-likeness (QED) is 0.635. The minimum atomic E-state index is -1.03. The van der Waals surface area contributed by atoms with E-state index in [1.54, 1.807) is 24.3 Å². The number of amides is 1. The molecule has 0 radical (unpaired) electrons. The van der Waals surface area contributed by atoms with Crippen molar-refractivity contribution in [3.63, 3.8) is 0 Å². The van der Waals surface area contributed by atoms with E-state index in [2.05, 4.69) is 5.32 Å². The summed E-state index contributed by atoms with van der Waals surface area (Å²) in [7, 11) is 0. The standard InChI is InChI=1S/C14H19ClN2O3/c15-11-6-2-1-5-10(11)9-13(18)17-12(14(19)20)7-3-4-8-16/h1-2,5-6,12H,3-4,7-9,16H2,(H,17,18)(H,19,20)/t12-/m0/s1. The molecule has 5 nitrogen and oxygen atoms in total. The maximum atomic E-state index is 11.9. The van der Waals surface area contributed by atoms with E-state index in [9.17, 15) is 9.59 Å². The van der Waals surface area contributed by atoms with Gasteiger partial charge in [-0.15, -0.1) is 0 Å². The van der Waals surface area contributed by atoms with Crippen LogP contribution in [0, 0.1) is 0 Å². The van der Waals surface area contributed by atoms with E-state index in [0.717, 1.165) is 6.42 Å². The lowest BCUT2D eigenvalue weighted by Crippen LogP contribution is -2.41. The molecule has 1 atom stereocenters. The van der Waals surface area contributed by atoms with Gasteiger partial charge in [-0.25, -0.2) is 4.79 Å². The molecular formula is C14H19ClN2O3. The van der Waals surface area contributed by atoms with Gasteiger partial charge in [0.05, 0.1) is 6.42 Å². The van der Waals surface area contributed by atoms with E-state index < -0.39 is 12.0 Å². The van der Waals surface area contributed by atoms with E-state index in [1.807, 2.05) is 0 Å². The van der Waals surface area contributed by atoms with Crippen molar-refractivity contribution in [3.05, 3.63) is 34.9 Å². The van der Waals surface area contributed by atoms with Gasteiger partial charge in [-0.1, -0.05) is 29.8 Å². The summed E-state index contributed by atoms with van der Waals surface area (Å²) in [6.45, 7) is 0.514. The molecule has 0 spiro atoms. The first-order valence-electron chi connectivity index (χ1n) is 6.50. The van der Waals surface area contributed by atoms with Crippen molar-refractivity contribution in [2.75, 3.05) is 6.54 Å². The third kappa shape index (κ3) is 5.59. The molecule has 6 heteroatoms. The van der Waals surface area contributed by atoms with Crippen molar-refractivity contribution in [1.82, 2.24) is 5.32 Å². The van der Waals surface area contributed by atoms with Gasteiger partial charge >= 0.3 is 5.97 Å². The lowest BCUT2D eigenvalue weighted by atomic mass is 10.1. The predicted octanol–water partition coefficient (Wildman–Crippen LogP) is 1.58. The molecule has 0 saturated heterocycles. The number of nitrogens with two attached hydrogens (primary N) is 1. The maximum Gasteiger partial charge on any atom is 0.326 e. The van der Waals surface area contributed by atoms with Crippen LogP contribution in [0.15, 0.2) is 24.3 Å². The highest BCUT2D eigenvalue weighted by atomic mass is 35.5. The van der Waals surface area contributed by atoms with Crippen LogP contribution < -0.4 is 11.1 Å². The summed E-state index contributed by atoms with van der Waals surface area (Å²) in [5.74, 6) is -1.38. The molecule has 0 fully saturated rings. The summed E-state index contributed by atoms with van der Waals surface area (Å²) in [4.78, 5) is 22.9. The highest BCUT2D eigenvalue weighted by molar-refractivity contribution is 6.31. The molecule has 0 aromatic heterocycles. The highest BCUT2D eigenvalue weighted by Gasteiger charge is 2.19. The molecule has 110 valence electrons. The SMILES string of the molecule is NCCCC[C@H](NC(=O)Cc1ccccc1Cl)C(=O)O. The Hall–Kier alpha value is -1.59. The largest absolute Gasteiger partial charge is 0.480 e. The minimum Gasteiger partial charge on any atom is -0.480 e. The number of halogens is 1. The lowest BCUT2D eigenvalue weighted by molar-refractivity contribution is -0.142. The van der Waals surface area contributed by atoms with E-state index >= 15 is 0 Å². The number of unbranched alkanes of at least 4 members (excludes halogenated alkanes) is 1. The second-order valence-electron chi connectivity index (χ2n) is 4.51. The molecule has 0 aliphatic rings. The van der Waals surface area contributed by atoms with Gasteiger partial charge in [0.15, 0.2) is 0 Å². The third-order valence-corrected chi connectivity index (χ3v) is 3.26. The Labute approximate surface area is 123 Å². The molecule has 0 unspecified atom stereocenters. The summed E-state index contributed by atoms with van der Waals surface area (Å²) < 4.78 is 0. The molecular weight excluding hydrogens is 280 g/mol. The van der Waals surface area contributed by atoms with Gasteiger partial charge in [-0.2, -0.15) is 0 Å². The van der Waals surface area contributed by atoms with E-state index in [-0.39, 0.29) is 12.3 Å². The number of carbonyl (C=O) groups is 2. The zero-order valence-electron chi connectivity index (χ0n) is 11.1. The fourth-order valence-corrected chi connectivity index (χ4v) is 2.01. The van der Waals surface area contributed by atoms with Gasteiger partial charge in [0, 0.05) is 5.02 Å². The second kappa shape index (κ2) is 8.55. The molecule has 0 heterocycles. The fourth-order valence-electron chi connectivity index (χ4n) is 1.81. The van der Waals surface area contributed by atoms with Crippen LogP contribution in [0.2, 0.25) is 5.02 Å². The number of hydrogen-bond acceptors (Lipinski definition) is 3. The molecule has 0 aliphatic heterocycles. The predicted molar refractivity (Wildman–Crippen MR) is 77.6 cm³/mol. The number of carboxylic acids is 1. The maximum absolute atomic E-state index is 11.9. The third-order valence-electron chi connectivity index (χ3n) is 2.89. The average Bonchev–Trinajstić information content (AvgIpc) is 2.40. The smallest absolute Gasteiger partial charge is 0.326 e. The van der Waals surface area contributed by atoms with Crippen LogP contribution in [0.3, 0.4) is 0 Å². The molecule has 1 aromatic carbocycles. The van der Waals surface area contributed by atoms with Crippen LogP contribution in [0.5, 0.6) is 0 Å². The van der Waals surface area contributed by atoms with Crippen LogP contribution in [-0.2, 0) is 16.0 Å². The van der Waals surface area contributed by atoms with Crippen molar-refractivity contribution in [1.29, 1.82) is 0 Å². The van der Waals surface area contributed by atoms with Gasteiger partial charge in [0.2, 0.25) is 5.91 Å². The monoisotopic (exact) mass is 298 g/mol. The van der Waals surface area contributed by atoms with E-state index in [0.29, 0.717) is 30.0 Å². The fraction of sp³-hybridized carbons (Fsp3) is 0.429. The number of carbonyl (C=O) groups excluding carboxylic acids is 1. The summed E-state index contributed by atoms with van der Waals surface area (Å²) in [6.07, 6.45) is 1.85. The van der Waals surface area contributed by atoms with Crippen molar-refractivity contribution < 1.29 is 14.7 Å². The number of aliphatic carboxylic acids is 1. The van der Waals surface area contributed by atoms with Crippen molar-refractivity contribution >= 4 is 23.5 Å². The summed E-state index contributed by atoms with van der Waals surface area (Å²) in [5.41, 5.74) is 6.04. The molecule has 0 saturated carbocycles. The molecule has 1 aromatic rings. The Balaban J connectivity index is 2.54. The molecule has 4 N–H and O–H groups in total. The first kappa shape index (κ1) is 16.5. The minimum absolute atomic E-state index is 0.0698. The van der Waals surface area contributed by atoms with Crippen molar-refractivity contribution in [3.8, 4) is 0 Å². The van der Waals surface area contributed by atoms with Gasteiger partial charge in [-0.3, -0.25) is 4.79 Å². The Morgan fingerprint density at radius 2 is 2.00 bits per heavy atom. The van der Waals surface area contributed by atoms with Crippen LogP contribution >= 0.6 is 11.6 Å². The van der Waals surface area contributed by atoms with Crippen LogP contribution in [0.1, 0.15) is 24.8 Å². The number of rotatable bonds is 8. The molecule has 0 aliphatic carbocycles. The molecule has 1 amide bonds.